The molecule has 0 saturated heterocycles. The van der Waals surface area contributed by atoms with Gasteiger partial charge in [-0.05, 0) is 37.0 Å². The van der Waals surface area contributed by atoms with Crippen LogP contribution in [0, 0.1) is 10.8 Å². The Labute approximate surface area is 194 Å². The second-order valence-corrected chi connectivity index (χ2v) is 13.3. The van der Waals surface area contributed by atoms with E-state index in [9.17, 15) is 0 Å². The van der Waals surface area contributed by atoms with Crippen molar-refractivity contribution in [3.8, 4) is 5.75 Å². The van der Waals surface area contributed by atoms with Crippen LogP contribution < -0.4 is 4.74 Å². The summed E-state index contributed by atoms with van der Waals surface area (Å²) in [6, 6.07) is 9.84. The second kappa shape index (κ2) is 11.8. The molecule has 0 atom stereocenters. The monoisotopic (exact) mass is 441 g/mol. The van der Waals surface area contributed by atoms with Crippen LogP contribution in [0.1, 0.15) is 75.7 Å². The average molecular weight is 442 g/mol. The summed E-state index contributed by atoms with van der Waals surface area (Å²) < 4.78 is 9.02. The summed E-state index contributed by atoms with van der Waals surface area (Å²) in [5.74, 6) is 0.872. The number of allylic oxidation sites excluding steroid dienone is 7. The summed E-state index contributed by atoms with van der Waals surface area (Å²) >= 11 is 0.0803. The standard InChI is InChI=1S/C16H22O.C9H13.C3H6.Ti/c1-13(2)11-14(16(3,4)5)12-17-15-9-7-6-8-10-15;1-9(2,3)8-6-4-5-7-8;1-3-2;/h6-12H,1-5H3;6-7H,4H2,1-3H3;1-2H3;. The SMILES string of the molecule is CC(C)=CC(=COc1ccccc1)C(C)(C)C.C[C](C)=[Ti][C]1=CC(C(C)(C)C)=CC1. The first-order valence-electron chi connectivity index (χ1n) is 10.8. The van der Waals surface area contributed by atoms with Crippen LogP contribution in [0.4, 0.5) is 0 Å². The Balaban J connectivity index is 0.000000311. The van der Waals surface area contributed by atoms with Gasteiger partial charge in [0.05, 0.1) is 6.26 Å². The van der Waals surface area contributed by atoms with E-state index in [1.165, 1.54) is 23.1 Å². The average Bonchev–Trinajstić information content (AvgIpc) is 3.07. The molecule has 0 aliphatic heterocycles. The molecule has 0 unspecified atom stereocenters. The van der Waals surface area contributed by atoms with Gasteiger partial charge in [0.15, 0.2) is 0 Å². The Hall–Kier alpha value is -1.44. The Kier molecular flexibility index (Phi) is 10.5. The number of hydrogen-bond donors (Lipinski definition) is 0. The fraction of sp³-hybridized carbons (Fsp3) is 0.464. The van der Waals surface area contributed by atoms with Gasteiger partial charge in [-0.15, -0.1) is 0 Å². The molecule has 0 heterocycles. The molecule has 30 heavy (non-hydrogen) atoms. The van der Waals surface area contributed by atoms with Gasteiger partial charge < -0.3 is 4.74 Å². The first kappa shape index (κ1) is 26.6. The molecular formula is C28H41OTi. The number of hydrogen-bond acceptors (Lipinski definition) is 1. The summed E-state index contributed by atoms with van der Waals surface area (Å²) in [6.45, 7) is 22.2. The molecule has 0 amide bonds. The second-order valence-electron chi connectivity index (χ2n) is 10.4. The van der Waals surface area contributed by atoms with E-state index in [-0.39, 0.29) is 24.1 Å². The van der Waals surface area contributed by atoms with Crippen LogP contribution in [-0.4, -0.2) is 3.81 Å². The van der Waals surface area contributed by atoms with Crippen molar-refractivity contribution in [1.82, 2.24) is 0 Å². The minimum absolute atomic E-state index is 0.0803. The van der Waals surface area contributed by atoms with Gasteiger partial charge in [0.25, 0.3) is 0 Å². The van der Waals surface area contributed by atoms with Crippen LogP contribution in [0.25, 0.3) is 0 Å². The predicted molar refractivity (Wildman–Crippen MR) is 131 cm³/mol. The maximum atomic E-state index is 5.69. The molecule has 0 saturated carbocycles. The number of benzene rings is 1. The van der Waals surface area contributed by atoms with Crippen LogP contribution in [-0.2, 0) is 18.7 Å². The van der Waals surface area contributed by atoms with E-state index in [0.717, 1.165) is 5.75 Å². The summed E-state index contributed by atoms with van der Waals surface area (Å²) in [6.07, 6.45) is 10.1. The van der Waals surface area contributed by atoms with Crippen molar-refractivity contribution in [2.45, 2.75) is 75.7 Å². The molecule has 0 aromatic heterocycles. The van der Waals surface area contributed by atoms with Crippen molar-refractivity contribution in [3.63, 3.8) is 0 Å². The van der Waals surface area contributed by atoms with Crippen LogP contribution >= 0.6 is 0 Å². The zero-order valence-electron chi connectivity index (χ0n) is 20.8. The predicted octanol–water partition coefficient (Wildman–Crippen LogP) is 8.50. The van der Waals surface area contributed by atoms with Crippen molar-refractivity contribution in [3.05, 3.63) is 75.4 Å². The summed E-state index contributed by atoms with van der Waals surface area (Å²) in [4.78, 5) is 0. The van der Waals surface area contributed by atoms with Crippen molar-refractivity contribution in [1.29, 1.82) is 0 Å². The van der Waals surface area contributed by atoms with Gasteiger partial charge in [0.2, 0.25) is 0 Å². The summed E-state index contributed by atoms with van der Waals surface area (Å²) in [5.41, 5.74) is 4.44. The van der Waals surface area contributed by atoms with Crippen LogP contribution in [0.2, 0.25) is 0 Å². The van der Waals surface area contributed by atoms with Gasteiger partial charge in [0, 0.05) is 0 Å². The molecular weight excluding hydrogens is 400 g/mol. The first-order valence-corrected chi connectivity index (χ1v) is 12.4. The fourth-order valence-corrected chi connectivity index (χ4v) is 4.50. The molecule has 163 valence electrons. The van der Waals surface area contributed by atoms with Gasteiger partial charge in [-0.1, -0.05) is 50.6 Å². The molecule has 0 N–H and O–H groups in total. The fourth-order valence-electron chi connectivity index (χ4n) is 2.83. The van der Waals surface area contributed by atoms with Crippen molar-refractivity contribution >= 4 is 3.81 Å². The Morgan fingerprint density at radius 2 is 1.53 bits per heavy atom. The molecule has 1 aliphatic rings. The maximum absolute atomic E-state index is 5.69. The van der Waals surface area contributed by atoms with E-state index in [2.05, 4.69) is 87.5 Å². The third kappa shape index (κ3) is 10.6. The topological polar surface area (TPSA) is 9.23 Å². The molecule has 0 fully saturated rings. The first-order chi connectivity index (χ1) is 13.8. The van der Waals surface area contributed by atoms with Gasteiger partial charge >= 0.3 is 90.6 Å². The molecule has 0 bridgehead atoms. The molecule has 0 spiro atoms. The quantitative estimate of drug-likeness (QED) is 0.259. The third-order valence-corrected chi connectivity index (χ3v) is 6.35. The number of ether oxygens (including phenoxy) is 1. The van der Waals surface area contributed by atoms with Gasteiger partial charge in [-0.3, -0.25) is 0 Å². The Bertz CT molecular complexity index is 827. The molecule has 1 aromatic carbocycles. The van der Waals surface area contributed by atoms with Crippen LogP contribution in [0.5, 0.6) is 5.75 Å². The van der Waals surface area contributed by atoms with Crippen LogP contribution in [0.15, 0.2) is 75.4 Å². The Morgan fingerprint density at radius 1 is 0.933 bits per heavy atom. The van der Waals surface area contributed by atoms with E-state index in [0.29, 0.717) is 5.41 Å². The zero-order valence-corrected chi connectivity index (χ0v) is 22.4. The molecule has 2 rings (SSSR count). The molecule has 2 heteroatoms. The van der Waals surface area contributed by atoms with E-state index in [1.807, 2.05) is 36.6 Å². The van der Waals surface area contributed by atoms with Crippen molar-refractivity contribution < 1.29 is 23.4 Å². The molecule has 0 radical (unpaired) electrons. The van der Waals surface area contributed by atoms with Crippen molar-refractivity contribution in [2.24, 2.45) is 10.8 Å². The minimum atomic E-state index is 0.0803. The summed E-state index contributed by atoms with van der Waals surface area (Å²) in [7, 11) is 0. The van der Waals surface area contributed by atoms with E-state index >= 15 is 0 Å². The van der Waals surface area contributed by atoms with Gasteiger partial charge in [0.1, 0.15) is 5.75 Å². The molecule has 1 nitrogen and oxygen atoms in total. The van der Waals surface area contributed by atoms with E-state index in [4.69, 9.17) is 4.74 Å². The Morgan fingerprint density at radius 3 is 1.97 bits per heavy atom. The van der Waals surface area contributed by atoms with E-state index in [1.54, 1.807) is 7.69 Å². The normalized spacial score (nSPS) is 14.0. The van der Waals surface area contributed by atoms with Crippen LogP contribution in [0.3, 0.4) is 0 Å². The van der Waals surface area contributed by atoms with E-state index < -0.39 is 0 Å². The number of rotatable bonds is 4. The van der Waals surface area contributed by atoms with Gasteiger partial charge in [-0.25, -0.2) is 0 Å². The number of para-hydroxylation sites is 1. The van der Waals surface area contributed by atoms with Gasteiger partial charge in [-0.2, -0.15) is 0 Å². The zero-order chi connectivity index (χ0) is 22.9. The summed E-state index contributed by atoms with van der Waals surface area (Å²) in [5, 5.41) is 0. The third-order valence-electron chi connectivity index (χ3n) is 4.52. The molecule has 1 aliphatic carbocycles. The van der Waals surface area contributed by atoms with Crippen molar-refractivity contribution in [2.75, 3.05) is 0 Å². The molecule has 1 aromatic rings.